The minimum atomic E-state index is -0.428. The van der Waals surface area contributed by atoms with E-state index < -0.39 is 5.82 Å². The summed E-state index contributed by atoms with van der Waals surface area (Å²) in [6.45, 7) is 0. The number of anilines is 1. The van der Waals surface area contributed by atoms with Crippen LogP contribution in [0.3, 0.4) is 0 Å². The van der Waals surface area contributed by atoms with E-state index in [1.807, 2.05) is 0 Å². The molecule has 0 aliphatic heterocycles. The predicted octanol–water partition coefficient (Wildman–Crippen LogP) is 2.06. The summed E-state index contributed by atoms with van der Waals surface area (Å²) in [5.74, 6) is -0.590. The van der Waals surface area contributed by atoms with Gasteiger partial charge in [0.25, 0.3) is 0 Å². The summed E-state index contributed by atoms with van der Waals surface area (Å²) < 4.78 is 18.1. The highest BCUT2D eigenvalue weighted by Gasteiger charge is 2.19. The number of thioether (sulfide) groups is 1. The standard InChI is InChI=1S/C12H11BrFN5O3S/c1-15-9(20)5-23-12-10(18-22-19-12)11(17-21)16-6-2-3-8(14)7(13)4-6/h2-4,21H,5H2,1H3,(H,15,20)(H,16,17). The molecule has 0 unspecified atom stereocenters. The molecule has 0 saturated heterocycles. The molecule has 0 radical (unpaired) electrons. The molecule has 0 aliphatic carbocycles. The van der Waals surface area contributed by atoms with Crippen LogP contribution in [0.15, 0.2) is 37.5 Å². The number of carbonyl (C=O) groups excluding carboxylic acids is 1. The molecule has 0 bridgehead atoms. The van der Waals surface area contributed by atoms with Gasteiger partial charge in [0.2, 0.25) is 11.7 Å². The average molecular weight is 404 g/mol. The Morgan fingerprint density at radius 3 is 2.96 bits per heavy atom. The number of benzene rings is 1. The lowest BCUT2D eigenvalue weighted by atomic mass is 10.3. The summed E-state index contributed by atoms with van der Waals surface area (Å²) in [6, 6.07) is 4.16. The van der Waals surface area contributed by atoms with Crippen molar-refractivity contribution in [2.45, 2.75) is 5.03 Å². The van der Waals surface area contributed by atoms with Crippen LogP contribution in [0.25, 0.3) is 0 Å². The van der Waals surface area contributed by atoms with Crippen LogP contribution in [0.2, 0.25) is 0 Å². The van der Waals surface area contributed by atoms with Gasteiger partial charge in [0.1, 0.15) is 5.82 Å². The van der Waals surface area contributed by atoms with E-state index in [2.05, 4.69) is 46.7 Å². The first kappa shape index (κ1) is 17.2. The summed E-state index contributed by atoms with van der Waals surface area (Å²) in [6.07, 6.45) is 0. The summed E-state index contributed by atoms with van der Waals surface area (Å²) in [5.41, 5.74) is 0.582. The van der Waals surface area contributed by atoms with Crippen molar-refractivity contribution in [1.29, 1.82) is 0 Å². The molecule has 1 aromatic heterocycles. The molecule has 0 saturated carbocycles. The van der Waals surface area contributed by atoms with Gasteiger partial charge >= 0.3 is 0 Å². The molecule has 3 N–H and O–H groups in total. The second-order valence-corrected chi connectivity index (χ2v) is 5.90. The number of amidine groups is 1. The summed E-state index contributed by atoms with van der Waals surface area (Å²) in [4.78, 5) is 11.3. The number of halogens is 2. The van der Waals surface area contributed by atoms with Crippen molar-refractivity contribution < 1.29 is 19.0 Å². The van der Waals surface area contributed by atoms with Crippen molar-refractivity contribution in [2.75, 3.05) is 18.1 Å². The van der Waals surface area contributed by atoms with Crippen molar-refractivity contribution in [1.82, 2.24) is 15.6 Å². The van der Waals surface area contributed by atoms with E-state index in [4.69, 9.17) is 0 Å². The topological polar surface area (TPSA) is 113 Å². The lowest BCUT2D eigenvalue weighted by molar-refractivity contribution is -0.118. The zero-order valence-electron chi connectivity index (χ0n) is 11.7. The van der Waals surface area contributed by atoms with Gasteiger partial charge in [0.15, 0.2) is 10.7 Å². The van der Waals surface area contributed by atoms with Crippen LogP contribution in [0.1, 0.15) is 5.69 Å². The molecule has 0 fully saturated rings. The number of hydrogen-bond acceptors (Lipinski definition) is 7. The number of nitrogens with one attached hydrogen (secondary N) is 2. The van der Waals surface area contributed by atoms with Crippen molar-refractivity contribution in [3.63, 3.8) is 0 Å². The Hall–Kier alpha value is -2.14. The largest absolute Gasteiger partial charge is 0.409 e. The Morgan fingerprint density at radius 1 is 1.52 bits per heavy atom. The van der Waals surface area contributed by atoms with Gasteiger partial charge in [-0.2, -0.15) is 0 Å². The highest BCUT2D eigenvalue weighted by Crippen LogP contribution is 2.23. The van der Waals surface area contributed by atoms with Crippen LogP contribution in [-0.4, -0.2) is 40.1 Å². The molecule has 23 heavy (non-hydrogen) atoms. The average Bonchev–Trinajstić information content (AvgIpc) is 3.01. The first-order chi connectivity index (χ1) is 11.0. The van der Waals surface area contributed by atoms with E-state index in [0.717, 1.165) is 11.8 Å². The molecule has 2 aromatic rings. The Labute approximate surface area is 142 Å². The molecule has 8 nitrogen and oxygen atoms in total. The number of oxime groups is 1. The van der Waals surface area contributed by atoms with Gasteiger partial charge in [-0.15, -0.1) is 0 Å². The number of nitrogens with zero attached hydrogens (tertiary/aromatic N) is 3. The van der Waals surface area contributed by atoms with Crippen molar-refractivity contribution in [3.05, 3.63) is 34.2 Å². The predicted molar refractivity (Wildman–Crippen MR) is 85.1 cm³/mol. The summed E-state index contributed by atoms with van der Waals surface area (Å²) in [5, 5.41) is 25.1. The minimum Gasteiger partial charge on any atom is -0.409 e. The Kier molecular flexibility index (Phi) is 5.93. The molecule has 2 rings (SSSR count). The number of rotatable bonds is 5. The Morgan fingerprint density at radius 2 is 2.30 bits per heavy atom. The molecule has 122 valence electrons. The van der Waals surface area contributed by atoms with Crippen molar-refractivity contribution >= 4 is 45.1 Å². The molecule has 1 heterocycles. The van der Waals surface area contributed by atoms with E-state index >= 15 is 0 Å². The van der Waals surface area contributed by atoms with Gasteiger partial charge in [-0.05, 0) is 44.4 Å². The summed E-state index contributed by atoms with van der Waals surface area (Å²) in [7, 11) is 1.51. The number of amides is 1. The van der Waals surface area contributed by atoms with E-state index in [1.165, 1.54) is 25.2 Å². The fraction of sp³-hybridized carbons (Fsp3) is 0.167. The number of aromatic nitrogens is 2. The van der Waals surface area contributed by atoms with Crippen LogP contribution in [0, 0.1) is 5.82 Å². The molecule has 0 atom stereocenters. The second-order valence-electron chi connectivity index (χ2n) is 4.08. The smallest absolute Gasteiger partial charge is 0.230 e. The second kappa shape index (κ2) is 7.92. The molecule has 1 aromatic carbocycles. The van der Waals surface area contributed by atoms with E-state index in [1.54, 1.807) is 0 Å². The fourth-order valence-electron chi connectivity index (χ4n) is 1.47. The monoisotopic (exact) mass is 403 g/mol. The van der Waals surface area contributed by atoms with E-state index in [9.17, 15) is 14.4 Å². The zero-order chi connectivity index (χ0) is 16.8. The molecular weight excluding hydrogens is 393 g/mol. The Bertz CT molecular complexity index is 739. The maximum absolute atomic E-state index is 13.2. The number of carbonyl (C=O) groups is 1. The Balaban J connectivity index is 2.17. The molecule has 0 aliphatic rings. The zero-order valence-corrected chi connectivity index (χ0v) is 14.1. The third-order valence-corrected chi connectivity index (χ3v) is 4.14. The lowest BCUT2D eigenvalue weighted by Gasteiger charge is -2.07. The van der Waals surface area contributed by atoms with Gasteiger partial charge in [-0.25, -0.2) is 9.02 Å². The van der Waals surface area contributed by atoms with Crippen LogP contribution >= 0.6 is 27.7 Å². The van der Waals surface area contributed by atoms with Crippen LogP contribution in [0.4, 0.5) is 10.1 Å². The molecule has 11 heteroatoms. The maximum atomic E-state index is 13.2. The van der Waals surface area contributed by atoms with Crippen LogP contribution < -0.4 is 10.6 Å². The van der Waals surface area contributed by atoms with Crippen LogP contribution in [-0.2, 0) is 4.79 Å². The maximum Gasteiger partial charge on any atom is 0.230 e. The summed E-state index contributed by atoms with van der Waals surface area (Å²) >= 11 is 4.12. The van der Waals surface area contributed by atoms with Crippen LogP contribution in [0.5, 0.6) is 0 Å². The molecule has 0 spiro atoms. The lowest BCUT2D eigenvalue weighted by Crippen LogP contribution is -2.20. The third kappa shape index (κ3) is 4.42. The van der Waals surface area contributed by atoms with Crippen molar-refractivity contribution in [3.8, 4) is 0 Å². The highest BCUT2D eigenvalue weighted by atomic mass is 79.9. The van der Waals surface area contributed by atoms with Gasteiger partial charge in [0, 0.05) is 12.7 Å². The third-order valence-electron chi connectivity index (χ3n) is 2.58. The SMILES string of the molecule is CNC(=O)CSc1nonc1/C(=N/O)Nc1ccc(F)c(Br)c1. The first-order valence-corrected chi connectivity index (χ1v) is 7.93. The first-order valence-electron chi connectivity index (χ1n) is 6.15. The quantitative estimate of drug-likeness (QED) is 0.230. The van der Waals surface area contributed by atoms with Crippen molar-refractivity contribution in [2.24, 2.45) is 5.16 Å². The fourth-order valence-corrected chi connectivity index (χ4v) is 2.62. The molecule has 1 amide bonds. The molecular formula is C12H11BrFN5O3S. The van der Waals surface area contributed by atoms with Gasteiger partial charge in [0.05, 0.1) is 10.2 Å². The highest BCUT2D eigenvalue weighted by molar-refractivity contribution is 9.10. The van der Waals surface area contributed by atoms with Gasteiger partial charge < -0.3 is 15.8 Å². The minimum absolute atomic E-state index is 0.0517. The van der Waals surface area contributed by atoms with Gasteiger partial charge in [-0.1, -0.05) is 16.9 Å². The number of hydrogen-bond donors (Lipinski definition) is 3. The van der Waals surface area contributed by atoms with Gasteiger partial charge in [-0.3, -0.25) is 4.79 Å². The normalized spacial score (nSPS) is 11.3. The van der Waals surface area contributed by atoms with E-state index in [-0.39, 0.29) is 32.7 Å². The van der Waals surface area contributed by atoms with E-state index in [0.29, 0.717) is 5.69 Å².